The van der Waals surface area contributed by atoms with Crippen LogP contribution >= 0.6 is 15.9 Å². The summed E-state index contributed by atoms with van der Waals surface area (Å²) in [7, 11) is 0. The summed E-state index contributed by atoms with van der Waals surface area (Å²) in [6.45, 7) is 4.28. The Balaban J connectivity index is 2.32. The minimum absolute atomic E-state index is 0.0509. The van der Waals surface area contributed by atoms with Gasteiger partial charge < -0.3 is 9.15 Å². The van der Waals surface area contributed by atoms with Crippen LogP contribution in [-0.4, -0.2) is 12.4 Å². The molecule has 0 amide bonds. The predicted molar refractivity (Wildman–Crippen MR) is 72.2 cm³/mol. The average molecular weight is 309 g/mol. The zero-order valence-corrected chi connectivity index (χ0v) is 11.8. The van der Waals surface area contributed by atoms with Gasteiger partial charge in [0.25, 0.3) is 0 Å². The molecule has 0 saturated carbocycles. The van der Waals surface area contributed by atoms with Gasteiger partial charge in [0, 0.05) is 5.56 Å². The van der Waals surface area contributed by atoms with E-state index in [4.69, 9.17) is 9.15 Å². The molecular formula is C14H13BrO3. The molecule has 0 N–H and O–H groups in total. The molecule has 0 aliphatic heterocycles. The lowest BCUT2D eigenvalue weighted by molar-refractivity contribution is 0.103. The minimum Gasteiger partial charge on any atom is -0.493 e. The molecule has 0 bridgehead atoms. The van der Waals surface area contributed by atoms with Crippen LogP contribution < -0.4 is 4.74 Å². The molecule has 1 heterocycles. The molecule has 0 saturated heterocycles. The van der Waals surface area contributed by atoms with Crippen LogP contribution in [0, 0.1) is 6.92 Å². The zero-order valence-electron chi connectivity index (χ0n) is 10.2. The highest BCUT2D eigenvalue weighted by molar-refractivity contribution is 9.10. The Kier molecular flexibility index (Phi) is 3.87. The summed E-state index contributed by atoms with van der Waals surface area (Å²) in [5, 5.41) is 0. The van der Waals surface area contributed by atoms with E-state index in [1.54, 1.807) is 31.2 Å². The number of carbonyl (C=O) groups excluding carboxylic acids is 1. The largest absolute Gasteiger partial charge is 0.493 e. The third kappa shape index (κ3) is 2.48. The van der Waals surface area contributed by atoms with E-state index in [2.05, 4.69) is 15.9 Å². The first-order valence-electron chi connectivity index (χ1n) is 5.64. The lowest BCUT2D eigenvalue weighted by Gasteiger charge is -2.07. The predicted octanol–water partition coefficient (Wildman–Crippen LogP) is 3.98. The summed E-state index contributed by atoms with van der Waals surface area (Å²) >= 11 is 3.40. The third-order valence-corrected chi connectivity index (χ3v) is 3.22. The van der Waals surface area contributed by atoms with Crippen LogP contribution in [0.3, 0.4) is 0 Å². The van der Waals surface area contributed by atoms with E-state index in [-0.39, 0.29) is 5.78 Å². The van der Waals surface area contributed by atoms with E-state index >= 15 is 0 Å². The van der Waals surface area contributed by atoms with E-state index in [0.29, 0.717) is 23.5 Å². The topological polar surface area (TPSA) is 39.4 Å². The third-order valence-electron chi connectivity index (χ3n) is 2.60. The maximum Gasteiger partial charge on any atom is 0.196 e. The summed E-state index contributed by atoms with van der Waals surface area (Å²) in [5.74, 6) is 1.31. The molecule has 2 aromatic rings. The number of ether oxygens (including phenoxy) is 1. The maximum absolute atomic E-state index is 12.2. The number of hydrogen-bond donors (Lipinski definition) is 0. The van der Waals surface area contributed by atoms with Crippen molar-refractivity contribution in [1.29, 1.82) is 0 Å². The Morgan fingerprint density at radius 1 is 1.39 bits per heavy atom. The fraction of sp³-hybridized carbons (Fsp3) is 0.214. The molecule has 0 unspecified atom stereocenters. The van der Waals surface area contributed by atoms with Gasteiger partial charge in [-0.1, -0.05) is 0 Å². The van der Waals surface area contributed by atoms with Crippen LogP contribution in [-0.2, 0) is 0 Å². The van der Waals surface area contributed by atoms with Gasteiger partial charge in [0.05, 0.1) is 22.9 Å². The summed E-state index contributed by atoms with van der Waals surface area (Å²) in [4.78, 5) is 12.2. The number of hydrogen-bond acceptors (Lipinski definition) is 3. The van der Waals surface area contributed by atoms with Crippen LogP contribution in [0.4, 0.5) is 0 Å². The molecule has 3 nitrogen and oxygen atoms in total. The van der Waals surface area contributed by atoms with E-state index < -0.39 is 0 Å². The van der Waals surface area contributed by atoms with Gasteiger partial charge in [-0.05, 0) is 54.0 Å². The Bertz CT molecular complexity index is 572. The van der Waals surface area contributed by atoms with Gasteiger partial charge in [-0.3, -0.25) is 4.79 Å². The SMILES string of the molecule is CCOc1ccc(C(=O)c2ccoc2C)cc1Br. The van der Waals surface area contributed by atoms with Crippen molar-refractivity contribution in [1.82, 2.24) is 0 Å². The Morgan fingerprint density at radius 2 is 2.17 bits per heavy atom. The summed E-state index contributed by atoms with van der Waals surface area (Å²) in [6, 6.07) is 6.99. The van der Waals surface area contributed by atoms with Crippen LogP contribution in [0.5, 0.6) is 5.75 Å². The second kappa shape index (κ2) is 5.40. The molecule has 4 heteroatoms. The minimum atomic E-state index is -0.0509. The smallest absolute Gasteiger partial charge is 0.196 e. The summed E-state index contributed by atoms with van der Waals surface area (Å²) in [5.41, 5.74) is 1.20. The van der Waals surface area contributed by atoms with Gasteiger partial charge in [0.15, 0.2) is 5.78 Å². The number of rotatable bonds is 4. The van der Waals surface area contributed by atoms with Crippen LogP contribution in [0.2, 0.25) is 0 Å². The monoisotopic (exact) mass is 308 g/mol. The van der Waals surface area contributed by atoms with Gasteiger partial charge in [-0.2, -0.15) is 0 Å². The molecule has 94 valence electrons. The van der Waals surface area contributed by atoms with Gasteiger partial charge in [-0.15, -0.1) is 0 Å². The molecule has 0 aliphatic carbocycles. The fourth-order valence-corrected chi connectivity index (χ4v) is 2.18. The highest BCUT2D eigenvalue weighted by Crippen LogP contribution is 2.27. The number of furan rings is 1. The number of carbonyl (C=O) groups is 1. The highest BCUT2D eigenvalue weighted by Gasteiger charge is 2.15. The molecule has 0 aliphatic rings. The van der Waals surface area contributed by atoms with Crippen molar-refractivity contribution < 1.29 is 13.9 Å². The second-order valence-corrected chi connectivity index (χ2v) is 4.65. The van der Waals surface area contributed by atoms with Crippen molar-refractivity contribution in [2.75, 3.05) is 6.61 Å². The quantitative estimate of drug-likeness (QED) is 0.802. The van der Waals surface area contributed by atoms with Crippen LogP contribution in [0.15, 0.2) is 39.4 Å². The molecule has 1 aromatic heterocycles. The molecule has 0 spiro atoms. The average Bonchev–Trinajstić information content (AvgIpc) is 2.77. The molecule has 0 radical (unpaired) electrons. The number of halogens is 1. The van der Waals surface area contributed by atoms with Crippen molar-refractivity contribution in [3.05, 3.63) is 51.9 Å². The molecule has 0 fully saturated rings. The molecule has 1 aromatic carbocycles. The van der Waals surface area contributed by atoms with Crippen molar-refractivity contribution in [3.63, 3.8) is 0 Å². The van der Waals surface area contributed by atoms with Crippen LogP contribution in [0.25, 0.3) is 0 Å². The van der Waals surface area contributed by atoms with Gasteiger partial charge in [-0.25, -0.2) is 0 Å². The lowest BCUT2D eigenvalue weighted by atomic mass is 10.0. The Labute approximate surface area is 114 Å². The van der Waals surface area contributed by atoms with E-state index in [9.17, 15) is 4.79 Å². The van der Waals surface area contributed by atoms with E-state index in [0.717, 1.165) is 10.2 Å². The standard InChI is InChI=1S/C14H13BrO3/c1-3-17-13-5-4-10(8-12(13)15)14(16)11-6-7-18-9(11)2/h4-8H,3H2,1-2H3. The normalized spacial score (nSPS) is 10.4. The van der Waals surface area contributed by atoms with Crippen molar-refractivity contribution >= 4 is 21.7 Å². The van der Waals surface area contributed by atoms with Crippen molar-refractivity contribution in [3.8, 4) is 5.75 Å². The first-order valence-corrected chi connectivity index (χ1v) is 6.44. The summed E-state index contributed by atoms with van der Waals surface area (Å²) < 4.78 is 11.3. The maximum atomic E-state index is 12.2. The highest BCUT2D eigenvalue weighted by atomic mass is 79.9. The molecule has 2 rings (SSSR count). The van der Waals surface area contributed by atoms with E-state index in [1.165, 1.54) is 6.26 Å². The number of benzene rings is 1. The van der Waals surface area contributed by atoms with Gasteiger partial charge >= 0.3 is 0 Å². The fourth-order valence-electron chi connectivity index (χ4n) is 1.69. The van der Waals surface area contributed by atoms with Gasteiger partial charge in [0.1, 0.15) is 11.5 Å². The molecule has 0 atom stereocenters. The van der Waals surface area contributed by atoms with Crippen molar-refractivity contribution in [2.45, 2.75) is 13.8 Å². The number of aryl methyl sites for hydroxylation is 1. The molecule has 18 heavy (non-hydrogen) atoms. The number of ketones is 1. The first kappa shape index (κ1) is 12.9. The second-order valence-electron chi connectivity index (χ2n) is 3.80. The zero-order chi connectivity index (χ0) is 13.1. The first-order chi connectivity index (χ1) is 8.63. The summed E-state index contributed by atoms with van der Waals surface area (Å²) in [6.07, 6.45) is 1.52. The Hall–Kier alpha value is -1.55. The van der Waals surface area contributed by atoms with Gasteiger partial charge in [0.2, 0.25) is 0 Å². The van der Waals surface area contributed by atoms with E-state index in [1.807, 2.05) is 6.92 Å². The lowest BCUT2D eigenvalue weighted by Crippen LogP contribution is -2.02. The Morgan fingerprint density at radius 3 is 2.72 bits per heavy atom. The van der Waals surface area contributed by atoms with Crippen LogP contribution in [0.1, 0.15) is 28.6 Å². The van der Waals surface area contributed by atoms with Crippen molar-refractivity contribution in [2.24, 2.45) is 0 Å². The molecular weight excluding hydrogens is 296 g/mol.